The van der Waals surface area contributed by atoms with Crippen LogP contribution in [0.5, 0.6) is 23.0 Å². The topological polar surface area (TPSA) is 36.9 Å². The Kier molecular flexibility index (Phi) is 10.2. The Bertz CT molecular complexity index is 1590. The lowest BCUT2D eigenvalue weighted by Gasteiger charge is -2.17. The van der Waals surface area contributed by atoms with E-state index in [1.807, 2.05) is 22.7 Å². The van der Waals surface area contributed by atoms with Crippen LogP contribution in [0.1, 0.15) is 75.0 Å². The van der Waals surface area contributed by atoms with Crippen LogP contribution in [0.25, 0.3) is 39.0 Å². The fraction of sp³-hybridized carbons (Fsp3) is 0.444. The summed E-state index contributed by atoms with van der Waals surface area (Å²) in [4.78, 5) is 12.5. The molecule has 7 heterocycles. The van der Waals surface area contributed by atoms with Crippen molar-refractivity contribution in [3.05, 3.63) is 46.2 Å². The Balaban J connectivity index is 1.17. The number of unbranched alkanes of at least 4 members (excludes halogenated alkanes) is 6. The number of aryl methyl sites for hydroxylation is 2. The number of fused-ring (bicyclic) bond motifs is 2. The molecule has 0 unspecified atom stereocenters. The van der Waals surface area contributed by atoms with Gasteiger partial charge in [0.25, 0.3) is 0 Å². The maximum Gasteiger partial charge on any atom is 0.181 e. The van der Waals surface area contributed by atoms with Crippen molar-refractivity contribution in [1.82, 2.24) is 0 Å². The van der Waals surface area contributed by atoms with Crippen LogP contribution in [0.3, 0.4) is 0 Å². The molecule has 5 aromatic heterocycles. The molecule has 238 valence electrons. The van der Waals surface area contributed by atoms with Crippen molar-refractivity contribution < 1.29 is 18.9 Å². The number of hydrogen-bond donors (Lipinski definition) is 0. The van der Waals surface area contributed by atoms with Crippen molar-refractivity contribution in [3.63, 3.8) is 0 Å². The largest absolute Gasteiger partial charge is 0.485 e. The highest BCUT2D eigenvalue weighted by molar-refractivity contribution is 7.30. The van der Waals surface area contributed by atoms with Crippen molar-refractivity contribution >= 4 is 56.7 Å². The molecule has 7 rings (SSSR count). The minimum Gasteiger partial charge on any atom is -0.485 e. The average Bonchev–Trinajstić information content (AvgIpc) is 3.90. The minimum absolute atomic E-state index is 0.579. The average molecular weight is 697 g/mol. The minimum atomic E-state index is 0.579. The highest BCUT2D eigenvalue weighted by Crippen LogP contribution is 2.59. The molecule has 0 spiro atoms. The predicted octanol–water partition coefficient (Wildman–Crippen LogP) is 12.5. The predicted molar refractivity (Wildman–Crippen MR) is 195 cm³/mol. The fourth-order valence-corrected chi connectivity index (χ4v) is 11.8. The van der Waals surface area contributed by atoms with Gasteiger partial charge in [0.15, 0.2) is 23.0 Å². The van der Waals surface area contributed by atoms with Crippen molar-refractivity contribution in [2.24, 2.45) is 0 Å². The lowest BCUT2D eigenvalue weighted by atomic mass is 10.1. The summed E-state index contributed by atoms with van der Waals surface area (Å²) in [5, 5.41) is 0. The summed E-state index contributed by atoms with van der Waals surface area (Å²) in [5.74, 6) is 3.61. The highest BCUT2D eigenvalue weighted by Gasteiger charge is 2.30. The van der Waals surface area contributed by atoms with Crippen molar-refractivity contribution in [2.45, 2.75) is 78.1 Å². The number of thiophene rings is 5. The monoisotopic (exact) mass is 696 g/mol. The molecule has 0 aliphatic carbocycles. The first-order valence-corrected chi connectivity index (χ1v) is 20.4. The van der Waals surface area contributed by atoms with Crippen molar-refractivity contribution in [2.75, 3.05) is 26.4 Å². The molecule has 9 heteroatoms. The normalized spacial score (nSPS) is 13.9. The van der Waals surface area contributed by atoms with Crippen LogP contribution >= 0.6 is 56.7 Å². The van der Waals surface area contributed by atoms with E-state index in [0.29, 0.717) is 26.4 Å². The zero-order chi connectivity index (χ0) is 30.6. The Labute approximate surface area is 286 Å². The summed E-state index contributed by atoms with van der Waals surface area (Å²) in [6, 6.07) is 13.6. The van der Waals surface area contributed by atoms with E-state index in [-0.39, 0.29) is 0 Å². The van der Waals surface area contributed by atoms with Gasteiger partial charge in [-0.3, -0.25) is 0 Å². The zero-order valence-electron chi connectivity index (χ0n) is 26.0. The molecule has 0 aromatic carbocycles. The smallest absolute Gasteiger partial charge is 0.181 e. The summed E-state index contributed by atoms with van der Waals surface area (Å²) in [7, 11) is 0. The van der Waals surface area contributed by atoms with E-state index >= 15 is 0 Å². The van der Waals surface area contributed by atoms with E-state index in [4.69, 9.17) is 18.9 Å². The van der Waals surface area contributed by atoms with Gasteiger partial charge in [0.05, 0.1) is 19.5 Å². The fourth-order valence-electron chi connectivity index (χ4n) is 5.85. The molecule has 0 atom stereocenters. The van der Waals surface area contributed by atoms with E-state index in [2.05, 4.69) is 50.2 Å². The third-order valence-electron chi connectivity index (χ3n) is 8.18. The van der Waals surface area contributed by atoms with Crippen LogP contribution in [-0.4, -0.2) is 26.4 Å². The van der Waals surface area contributed by atoms with Gasteiger partial charge in [-0.05, 0) is 62.1 Å². The summed E-state index contributed by atoms with van der Waals surface area (Å²) in [5.41, 5.74) is 0. The molecule has 0 radical (unpaired) electrons. The van der Waals surface area contributed by atoms with Crippen LogP contribution in [0.4, 0.5) is 0 Å². The Hall–Kier alpha value is -2.30. The van der Waals surface area contributed by atoms with Gasteiger partial charge in [0, 0.05) is 29.3 Å². The molecular weight excluding hydrogens is 657 g/mol. The summed E-state index contributed by atoms with van der Waals surface area (Å²) in [6.45, 7) is 6.87. The van der Waals surface area contributed by atoms with Gasteiger partial charge in [-0.25, -0.2) is 0 Å². The first-order valence-electron chi connectivity index (χ1n) is 16.4. The zero-order valence-corrected chi connectivity index (χ0v) is 30.1. The lowest BCUT2D eigenvalue weighted by Crippen LogP contribution is -2.14. The Morgan fingerprint density at radius 1 is 0.422 bits per heavy atom. The maximum absolute atomic E-state index is 6.28. The molecule has 0 saturated heterocycles. The van der Waals surface area contributed by atoms with Crippen LogP contribution in [0, 0.1) is 0 Å². The van der Waals surface area contributed by atoms with Gasteiger partial charge >= 0.3 is 0 Å². The molecule has 0 bridgehead atoms. The second kappa shape index (κ2) is 14.6. The quantitative estimate of drug-likeness (QED) is 0.108. The summed E-state index contributed by atoms with van der Waals surface area (Å²) in [6.07, 6.45) is 12.6. The standard InChI is InChI=1S/C36H40O4S5/c1-3-5-7-9-11-23-13-15-25(41-23)33-29-31(39-21-19-37-29)35(44-33)27-17-18-28(43-27)36-32-30(38-20-22-40-32)34(45-36)26-16-14-24(42-26)12-10-8-6-4-2/h13-18H,3-12,19-22H2,1-2H3. The molecule has 0 amide bonds. The van der Waals surface area contributed by atoms with Crippen LogP contribution in [-0.2, 0) is 12.8 Å². The molecular formula is C36H40O4S5. The van der Waals surface area contributed by atoms with Gasteiger partial charge in [-0.1, -0.05) is 52.4 Å². The molecule has 2 aliphatic heterocycles. The highest BCUT2D eigenvalue weighted by atomic mass is 32.1. The molecule has 4 nitrogen and oxygen atoms in total. The molecule has 0 saturated carbocycles. The summed E-state index contributed by atoms with van der Waals surface area (Å²) >= 11 is 9.20. The van der Waals surface area contributed by atoms with Gasteiger partial charge in [-0.15, -0.1) is 56.7 Å². The lowest BCUT2D eigenvalue weighted by molar-refractivity contribution is 0.175. The van der Waals surface area contributed by atoms with Gasteiger partial charge < -0.3 is 18.9 Å². The first kappa shape index (κ1) is 31.3. The third kappa shape index (κ3) is 6.75. The molecule has 2 aliphatic rings. The van der Waals surface area contributed by atoms with Crippen LogP contribution < -0.4 is 18.9 Å². The van der Waals surface area contributed by atoms with E-state index in [9.17, 15) is 0 Å². The van der Waals surface area contributed by atoms with Gasteiger partial charge in [-0.2, -0.15) is 0 Å². The number of ether oxygens (including phenoxy) is 4. The molecule has 45 heavy (non-hydrogen) atoms. The summed E-state index contributed by atoms with van der Waals surface area (Å²) < 4.78 is 25.1. The maximum atomic E-state index is 6.28. The Morgan fingerprint density at radius 2 is 0.778 bits per heavy atom. The van der Waals surface area contributed by atoms with E-state index in [1.165, 1.54) is 90.4 Å². The van der Waals surface area contributed by atoms with Crippen molar-refractivity contribution in [1.29, 1.82) is 0 Å². The third-order valence-corrected chi connectivity index (χ3v) is 14.6. The number of hydrogen-bond acceptors (Lipinski definition) is 9. The number of rotatable bonds is 14. The molecule has 0 N–H and O–H groups in total. The SMILES string of the molecule is CCCCCCc1ccc(-c2sc(-c3ccc(-c4sc(-c5ccc(CCCCCC)s5)c5c4OCCO5)s3)c3c2OCCO3)s1. The van der Waals surface area contributed by atoms with E-state index in [0.717, 1.165) is 45.6 Å². The van der Waals surface area contributed by atoms with Gasteiger partial charge in [0.2, 0.25) is 0 Å². The second-order valence-corrected chi connectivity index (χ2v) is 17.0. The first-order chi connectivity index (χ1) is 22.2. The Morgan fingerprint density at radius 3 is 1.16 bits per heavy atom. The van der Waals surface area contributed by atoms with Crippen molar-refractivity contribution in [3.8, 4) is 62.0 Å². The van der Waals surface area contributed by atoms with Crippen LogP contribution in [0.2, 0.25) is 0 Å². The molecule has 0 fully saturated rings. The van der Waals surface area contributed by atoms with E-state index in [1.54, 1.807) is 34.0 Å². The van der Waals surface area contributed by atoms with Crippen LogP contribution in [0.15, 0.2) is 36.4 Å². The van der Waals surface area contributed by atoms with E-state index < -0.39 is 0 Å². The molecule has 5 aromatic rings. The van der Waals surface area contributed by atoms with Gasteiger partial charge in [0.1, 0.15) is 26.4 Å². The second-order valence-electron chi connectivity index (χ2n) is 11.5.